The molecule has 0 aliphatic carbocycles. The molecular formula is C12H18F2N2O. The third-order valence-corrected chi connectivity index (χ3v) is 2.54. The van der Waals surface area contributed by atoms with Gasteiger partial charge in [-0.25, -0.2) is 8.78 Å². The Morgan fingerprint density at radius 1 is 1.24 bits per heavy atom. The highest BCUT2D eigenvalue weighted by atomic mass is 19.3. The van der Waals surface area contributed by atoms with Crippen molar-refractivity contribution in [3.05, 3.63) is 35.4 Å². The number of aliphatic hydroxyl groups excluding tert-OH is 1. The molecule has 0 radical (unpaired) electrons. The lowest BCUT2D eigenvalue weighted by Gasteiger charge is -2.22. The standard InChI is InChI=1S/C12H18F2N2O/c13-12(14)9-16(5-6-17)8-11-4-2-1-3-10(11)7-15/h1-4,12,17H,5-9,15H2. The fourth-order valence-corrected chi connectivity index (χ4v) is 1.72. The van der Waals surface area contributed by atoms with E-state index in [0.717, 1.165) is 11.1 Å². The molecule has 3 N–H and O–H groups in total. The summed E-state index contributed by atoms with van der Waals surface area (Å²) in [6.45, 7) is 0.552. The van der Waals surface area contributed by atoms with Gasteiger partial charge in [0.25, 0.3) is 6.43 Å². The minimum Gasteiger partial charge on any atom is -0.395 e. The van der Waals surface area contributed by atoms with Crippen molar-refractivity contribution in [2.45, 2.75) is 19.5 Å². The van der Waals surface area contributed by atoms with E-state index in [1.807, 2.05) is 24.3 Å². The Kier molecular flexibility index (Phi) is 6.04. The summed E-state index contributed by atoms with van der Waals surface area (Å²) in [5.74, 6) is 0. The second-order valence-electron chi connectivity index (χ2n) is 3.82. The second-order valence-corrected chi connectivity index (χ2v) is 3.82. The summed E-state index contributed by atoms with van der Waals surface area (Å²) in [7, 11) is 0. The molecule has 1 aromatic rings. The first-order valence-corrected chi connectivity index (χ1v) is 5.55. The smallest absolute Gasteiger partial charge is 0.251 e. The van der Waals surface area contributed by atoms with Crippen LogP contribution in [0.4, 0.5) is 8.78 Å². The molecule has 0 atom stereocenters. The number of halogens is 2. The third-order valence-electron chi connectivity index (χ3n) is 2.54. The van der Waals surface area contributed by atoms with Crippen LogP contribution < -0.4 is 5.73 Å². The molecule has 17 heavy (non-hydrogen) atoms. The molecule has 3 nitrogen and oxygen atoms in total. The van der Waals surface area contributed by atoms with Crippen LogP contribution >= 0.6 is 0 Å². The molecule has 0 heterocycles. The van der Waals surface area contributed by atoms with Gasteiger partial charge in [0.2, 0.25) is 0 Å². The maximum atomic E-state index is 12.3. The number of nitrogens with zero attached hydrogens (tertiary/aromatic N) is 1. The molecular weight excluding hydrogens is 226 g/mol. The van der Waals surface area contributed by atoms with Crippen LogP contribution in [0.5, 0.6) is 0 Å². The van der Waals surface area contributed by atoms with E-state index in [2.05, 4.69) is 0 Å². The quantitative estimate of drug-likeness (QED) is 0.758. The second kappa shape index (κ2) is 7.32. The van der Waals surface area contributed by atoms with E-state index in [1.165, 1.54) is 4.90 Å². The number of nitrogens with two attached hydrogens (primary N) is 1. The fraction of sp³-hybridized carbons (Fsp3) is 0.500. The lowest BCUT2D eigenvalue weighted by Crippen LogP contribution is -2.31. The number of alkyl halides is 2. The molecule has 1 aromatic carbocycles. The van der Waals surface area contributed by atoms with Crippen molar-refractivity contribution in [1.29, 1.82) is 0 Å². The summed E-state index contributed by atoms with van der Waals surface area (Å²) < 4.78 is 24.7. The summed E-state index contributed by atoms with van der Waals surface area (Å²) in [6.07, 6.45) is -2.40. The van der Waals surface area contributed by atoms with Gasteiger partial charge in [-0.2, -0.15) is 0 Å². The van der Waals surface area contributed by atoms with Crippen molar-refractivity contribution in [1.82, 2.24) is 4.90 Å². The van der Waals surface area contributed by atoms with Crippen LogP contribution in [-0.4, -0.2) is 36.1 Å². The number of rotatable bonds is 7. The van der Waals surface area contributed by atoms with Crippen LogP contribution in [0.15, 0.2) is 24.3 Å². The average Bonchev–Trinajstić information content (AvgIpc) is 2.29. The van der Waals surface area contributed by atoms with Crippen molar-refractivity contribution in [3.63, 3.8) is 0 Å². The van der Waals surface area contributed by atoms with E-state index < -0.39 is 6.43 Å². The summed E-state index contributed by atoms with van der Waals surface area (Å²) in [6, 6.07) is 7.48. The van der Waals surface area contributed by atoms with Gasteiger partial charge >= 0.3 is 0 Å². The predicted octanol–water partition coefficient (Wildman–Crippen LogP) is 1.20. The molecule has 0 aliphatic heterocycles. The molecule has 0 spiro atoms. The van der Waals surface area contributed by atoms with Crippen LogP contribution in [0.1, 0.15) is 11.1 Å². The normalized spacial score (nSPS) is 11.4. The molecule has 5 heteroatoms. The largest absolute Gasteiger partial charge is 0.395 e. The summed E-state index contributed by atoms with van der Waals surface area (Å²) in [5, 5.41) is 8.84. The van der Waals surface area contributed by atoms with Gasteiger partial charge in [0.05, 0.1) is 13.2 Å². The number of hydrogen-bond donors (Lipinski definition) is 2. The van der Waals surface area contributed by atoms with Gasteiger partial charge in [-0.15, -0.1) is 0 Å². The highest BCUT2D eigenvalue weighted by Crippen LogP contribution is 2.12. The zero-order valence-electron chi connectivity index (χ0n) is 9.65. The van der Waals surface area contributed by atoms with Gasteiger partial charge in [0.1, 0.15) is 0 Å². The van der Waals surface area contributed by atoms with Crippen LogP contribution in [-0.2, 0) is 13.1 Å². The van der Waals surface area contributed by atoms with Crippen molar-refractivity contribution < 1.29 is 13.9 Å². The molecule has 0 amide bonds. The van der Waals surface area contributed by atoms with E-state index in [9.17, 15) is 8.78 Å². The maximum Gasteiger partial charge on any atom is 0.251 e. The molecule has 0 saturated heterocycles. The Morgan fingerprint density at radius 3 is 2.41 bits per heavy atom. The lowest BCUT2D eigenvalue weighted by molar-refractivity contribution is 0.0745. The monoisotopic (exact) mass is 244 g/mol. The summed E-state index contributed by atoms with van der Waals surface area (Å²) in [5.41, 5.74) is 7.47. The molecule has 0 saturated carbocycles. The van der Waals surface area contributed by atoms with Gasteiger partial charge in [-0.1, -0.05) is 24.3 Å². The SMILES string of the molecule is NCc1ccccc1CN(CCO)CC(F)F. The zero-order valence-corrected chi connectivity index (χ0v) is 9.65. The van der Waals surface area contributed by atoms with Crippen molar-refractivity contribution in [2.24, 2.45) is 5.73 Å². The van der Waals surface area contributed by atoms with Crippen LogP contribution in [0.3, 0.4) is 0 Å². The number of aliphatic hydroxyl groups is 1. The zero-order chi connectivity index (χ0) is 12.7. The highest BCUT2D eigenvalue weighted by Gasteiger charge is 2.13. The van der Waals surface area contributed by atoms with E-state index >= 15 is 0 Å². The van der Waals surface area contributed by atoms with E-state index in [1.54, 1.807) is 0 Å². The van der Waals surface area contributed by atoms with Crippen molar-refractivity contribution in [2.75, 3.05) is 19.7 Å². The van der Waals surface area contributed by atoms with Crippen LogP contribution in [0, 0.1) is 0 Å². The van der Waals surface area contributed by atoms with Crippen LogP contribution in [0.25, 0.3) is 0 Å². The molecule has 1 rings (SSSR count). The Morgan fingerprint density at radius 2 is 1.88 bits per heavy atom. The average molecular weight is 244 g/mol. The Hall–Kier alpha value is -1.04. The summed E-state index contributed by atoms with van der Waals surface area (Å²) in [4.78, 5) is 1.53. The first-order chi connectivity index (χ1) is 8.17. The van der Waals surface area contributed by atoms with Crippen molar-refractivity contribution in [3.8, 4) is 0 Å². The minimum atomic E-state index is -2.40. The molecule has 0 aromatic heterocycles. The molecule has 0 aliphatic rings. The first kappa shape index (κ1) is 14.0. The number of benzene rings is 1. The number of hydrogen-bond acceptors (Lipinski definition) is 3. The Bertz CT molecular complexity index is 334. The molecule has 0 unspecified atom stereocenters. The van der Waals surface area contributed by atoms with Gasteiger partial charge in [-0.05, 0) is 11.1 Å². The van der Waals surface area contributed by atoms with Gasteiger partial charge in [0.15, 0.2) is 0 Å². The molecule has 0 fully saturated rings. The fourth-order valence-electron chi connectivity index (χ4n) is 1.72. The molecule has 96 valence electrons. The first-order valence-electron chi connectivity index (χ1n) is 5.55. The molecule has 0 bridgehead atoms. The van der Waals surface area contributed by atoms with E-state index in [0.29, 0.717) is 13.1 Å². The maximum absolute atomic E-state index is 12.3. The Balaban J connectivity index is 2.70. The van der Waals surface area contributed by atoms with E-state index in [4.69, 9.17) is 10.8 Å². The Labute approximate surface area is 99.8 Å². The highest BCUT2D eigenvalue weighted by molar-refractivity contribution is 5.26. The van der Waals surface area contributed by atoms with Crippen LogP contribution in [0.2, 0.25) is 0 Å². The van der Waals surface area contributed by atoms with E-state index in [-0.39, 0.29) is 19.7 Å². The summed E-state index contributed by atoms with van der Waals surface area (Å²) >= 11 is 0. The van der Waals surface area contributed by atoms with Crippen molar-refractivity contribution >= 4 is 0 Å². The lowest BCUT2D eigenvalue weighted by atomic mass is 10.1. The third kappa shape index (κ3) is 4.77. The predicted molar refractivity (Wildman–Crippen MR) is 62.7 cm³/mol. The minimum absolute atomic E-state index is 0.127. The van der Waals surface area contributed by atoms with Gasteiger partial charge < -0.3 is 10.8 Å². The topological polar surface area (TPSA) is 49.5 Å². The van der Waals surface area contributed by atoms with Gasteiger partial charge in [0, 0.05) is 19.6 Å². The van der Waals surface area contributed by atoms with Gasteiger partial charge in [-0.3, -0.25) is 4.90 Å².